The van der Waals surface area contributed by atoms with E-state index in [0.29, 0.717) is 26.3 Å². The minimum absolute atomic E-state index is 0.436. The molecule has 0 bridgehead atoms. The summed E-state index contributed by atoms with van der Waals surface area (Å²) in [6.07, 6.45) is 0.776. The third-order valence-corrected chi connectivity index (χ3v) is 2.64. The Hall–Kier alpha value is -1.48. The van der Waals surface area contributed by atoms with Crippen LogP contribution in [0.3, 0.4) is 0 Å². The van der Waals surface area contributed by atoms with E-state index in [2.05, 4.69) is 10.6 Å². The second-order valence-corrected chi connectivity index (χ2v) is 4.22. The van der Waals surface area contributed by atoms with Crippen molar-refractivity contribution in [2.45, 2.75) is 12.6 Å². The van der Waals surface area contributed by atoms with Crippen LogP contribution in [0.4, 0.5) is 0 Å². The quantitative estimate of drug-likeness (QED) is 0.477. The van der Waals surface area contributed by atoms with Crippen LogP contribution in [-0.4, -0.2) is 63.9 Å². The van der Waals surface area contributed by atoms with E-state index in [1.165, 1.54) is 0 Å². The minimum Gasteiger partial charge on any atom is -0.431 e. The largest absolute Gasteiger partial charge is 0.431 e. The smallest absolute Gasteiger partial charge is 0.333 e. The van der Waals surface area contributed by atoms with E-state index in [1.807, 2.05) is 0 Å². The molecular formula is C12H18N2O6. The van der Waals surface area contributed by atoms with Crippen LogP contribution >= 0.6 is 0 Å². The maximum Gasteiger partial charge on any atom is 0.333 e. The van der Waals surface area contributed by atoms with Crippen LogP contribution in [0.5, 0.6) is 0 Å². The molecule has 2 aliphatic heterocycles. The van der Waals surface area contributed by atoms with Crippen LogP contribution in [-0.2, 0) is 28.5 Å². The van der Waals surface area contributed by atoms with Gasteiger partial charge in [0.25, 0.3) is 0 Å². The summed E-state index contributed by atoms with van der Waals surface area (Å²) in [6.45, 7) is 3.29. The van der Waals surface area contributed by atoms with Crippen molar-refractivity contribution in [2.75, 3.05) is 39.4 Å². The summed E-state index contributed by atoms with van der Waals surface area (Å²) in [4.78, 5) is 22.9. The maximum atomic E-state index is 11.4. The molecule has 8 nitrogen and oxygen atoms in total. The third-order valence-electron chi connectivity index (χ3n) is 2.64. The van der Waals surface area contributed by atoms with Gasteiger partial charge in [0.2, 0.25) is 12.6 Å². The van der Waals surface area contributed by atoms with Gasteiger partial charge in [0.1, 0.15) is 0 Å². The first kappa shape index (κ1) is 14.9. The molecule has 2 rings (SSSR count). The van der Waals surface area contributed by atoms with E-state index in [-0.39, 0.29) is 0 Å². The number of ether oxygens (including phenoxy) is 4. The van der Waals surface area contributed by atoms with E-state index in [0.717, 1.165) is 25.2 Å². The summed E-state index contributed by atoms with van der Waals surface area (Å²) >= 11 is 0. The van der Waals surface area contributed by atoms with Crippen molar-refractivity contribution >= 4 is 11.9 Å². The maximum absolute atomic E-state index is 11.4. The topological polar surface area (TPSA) is 95.1 Å². The number of nitrogens with one attached hydrogen (secondary N) is 2. The lowest BCUT2D eigenvalue weighted by molar-refractivity contribution is -0.179. The highest BCUT2D eigenvalue weighted by Crippen LogP contribution is 2.01. The molecule has 0 aromatic rings. The summed E-state index contributed by atoms with van der Waals surface area (Å²) in [7, 11) is 0. The zero-order chi connectivity index (χ0) is 14.2. The number of hydrogen-bond donors (Lipinski definition) is 2. The van der Waals surface area contributed by atoms with Gasteiger partial charge in [-0.15, -0.1) is 0 Å². The van der Waals surface area contributed by atoms with E-state index in [4.69, 9.17) is 18.9 Å². The molecule has 0 saturated carbocycles. The number of hydrogen-bond acceptors (Lipinski definition) is 8. The summed E-state index contributed by atoms with van der Waals surface area (Å²) in [5.41, 5.74) is 0. The standard InChI is InChI=1S/C12H18N2O6/c15-9(19-11-7-13-3-5-17-11)1-2-10(16)20-12-8-14-4-6-18-12/h1-2,11-14H,3-8H2/b2-1+. The molecule has 0 aliphatic carbocycles. The lowest BCUT2D eigenvalue weighted by Crippen LogP contribution is -2.41. The van der Waals surface area contributed by atoms with E-state index in [9.17, 15) is 9.59 Å². The van der Waals surface area contributed by atoms with Crippen molar-refractivity contribution in [2.24, 2.45) is 0 Å². The first-order chi connectivity index (χ1) is 9.74. The van der Waals surface area contributed by atoms with Gasteiger partial charge in [-0.05, 0) is 0 Å². The molecule has 2 saturated heterocycles. The summed E-state index contributed by atoms with van der Waals surface area (Å²) in [5.74, 6) is -1.31. The van der Waals surface area contributed by atoms with Crippen LogP contribution in [0.1, 0.15) is 0 Å². The van der Waals surface area contributed by atoms with Crippen molar-refractivity contribution in [3.8, 4) is 0 Å². The second-order valence-electron chi connectivity index (χ2n) is 4.22. The lowest BCUT2D eigenvalue weighted by Gasteiger charge is -2.23. The predicted octanol–water partition coefficient (Wildman–Crippen LogP) is -1.48. The SMILES string of the molecule is O=C(/C=C/C(=O)OC1CNCCO1)OC1CNCCO1. The number of esters is 2. The Kier molecular flexibility index (Phi) is 5.93. The average Bonchev–Trinajstić information content (AvgIpc) is 2.47. The van der Waals surface area contributed by atoms with Gasteiger partial charge in [0.05, 0.1) is 26.3 Å². The number of morpholine rings is 2. The van der Waals surface area contributed by atoms with Crippen LogP contribution < -0.4 is 10.6 Å². The average molecular weight is 286 g/mol. The van der Waals surface area contributed by atoms with E-state index in [1.54, 1.807) is 0 Å². The Labute approximate surface area is 116 Å². The Balaban J connectivity index is 1.67. The van der Waals surface area contributed by atoms with Crippen LogP contribution in [0.25, 0.3) is 0 Å². The number of carbonyl (C=O) groups is 2. The lowest BCUT2D eigenvalue weighted by atomic mass is 10.4. The summed E-state index contributed by atoms with van der Waals surface area (Å²) < 4.78 is 20.3. The fraction of sp³-hybridized carbons (Fsp3) is 0.667. The van der Waals surface area contributed by atoms with Crippen LogP contribution in [0.2, 0.25) is 0 Å². The molecular weight excluding hydrogens is 268 g/mol. The van der Waals surface area contributed by atoms with E-state index >= 15 is 0 Å². The highest BCUT2D eigenvalue weighted by atomic mass is 16.7. The normalized spacial score (nSPS) is 27.2. The van der Waals surface area contributed by atoms with Gasteiger partial charge in [-0.1, -0.05) is 0 Å². The Morgan fingerprint density at radius 3 is 1.70 bits per heavy atom. The zero-order valence-corrected chi connectivity index (χ0v) is 11.0. The van der Waals surface area contributed by atoms with Crippen molar-refractivity contribution in [1.82, 2.24) is 10.6 Å². The van der Waals surface area contributed by atoms with Crippen LogP contribution in [0, 0.1) is 0 Å². The van der Waals surface area contributed by atoms with Crippen LogP contribution in [0.15, 0.2) is 12.2 Å². The van der Waals surface area contributed by atoms with Gasteiger partial charge in [-0.2, -0.15) is 0 Å². The van der Waals surface area contributed by atoms with Crippen molar-refractivity contribution in [3.63, 3.8) is 0 Å². The fourth-order valence-electron chi connectivity index (χ4n) is 1.71. The summed E-state index contributed by atoms with van der Waals surface area (Å²) in [5, 5.41) is 6.04. The molecule has 112 valence electrons. The van der Waals surface area contributed by atoms with Gasteiger partial charge in [0, 0.05) is 25.2 Å². The molecule has 2 N–H and O–H groups in total. The molecule has 2 atom stereocenters. The minimum atomic E-state index is -0.654. The molecule has 0 aromatic carbocycles. The van der Waals surface area contributed by atoms with Crippen molar-refractivity contribution in [1.29, 1.82) is 0 Å². The van der Waals surface area contributed by atoms with Crippen molar-refractivity contribution in [3.05, 3.63) is 12.2 Å². The fourth-order valence-corrected chi connectivity index (χ4v) is 1.71. The highest BCUT2D eigenvalue weighted by Gasteiger charge is 2.18. The molecule has 2 heterocycles. The molecule has 0 aromatic heterocycles. The molecule has 0 amide bonds. The van der Waals surface area contributed by atoms with Crippen molar-refractivity contribution < 1.29 is 28.5 Å². The molecule has 0 radical (unpaired) electrons. The first-order valence-electron chi connectivity index (χ1n) is 6.48. The summed E-state index contributed by atoms with van der Waals surface area (Å²) in [6, 6.07) is 0. The van der Waals surface area contributed by atoms with E-state index < -0.39 is 24.5 Å². The molecule has 8 heteroatoms. The van der Waals surface area contributed by atoms with Gasteiger partial charge < -0.3 is 29.6 Å². The number of rotatable bonds is 4. The third kappa shape index (κ3) is 5.25. The second kappa shape index (κ2) is 7.95. The number of carbonyl (C=O) groups excluding carboxylic acids is 2. The van der Waals surface area contributed by atoms with Gasteiger partial charge >= 0.3 is 11.9 Å². The van der Waals surface area contributed by atoms with Gasteiger partial charge in [-0.3, -0.25) is 0 Å². The molecule has 2 unspecified atom stereocenters. The molecule has 20 heavy (non-hydrogen) atoms. The highest BCUT2D eigenvalue weighted by molar-refractivity contribution is 5.91. The monoisotopic (exact) mass is 286 g/mol. The predicted molar refractivity (Wildman–Crippen MR) is 66.5 cm³/mol. The Morgan fingerprint density at radius 2 is 1.35 bits per heavy atom. The molecule has 2 fully saturated rings. The molecule has 2 aliphatic rings. The first-order valence-corrected chi connectivity index (χ1v) is 6.48. The van der Waals surface area contributed by atoms with Gasteiger partial charge in [0.15, 0.2) is 0 Å². The Bertz CT molecular complexity index is 327. The zero-order valence-electron chi connectivity index (χ0n) is 11.0. The molecule has 0 spiro atoms. The van der Waals surface area contributed by atoms with Gasteiger partial charge in [-0.25, -0.2) is 9.59 Å². The Morgan fingerprint density at radius 1 is 0.900 bits per heavy atom.